The van der Waals surface area contributed by atoms with E-state index in [4.69, 9.17) is 0 Å². The van der Waals surface area contributed by atoms with E-state index in [0.717, 1.165) is 0 Å². The zero-order valence-corrected chi connectivity index (χ0v) is 15.4. The second-order valence-electron chi connectivity index (χ2n) is 7.24. The van der Waals surface area contributed by atoms with Gasteiger partial charge in [0.15, 0.2) is 0 Å². The molecule has 0 bridgehead atoms. The lowest BCUT2D eigenvalue weighted by Crippen LogP contribution is -2.34. The Labute approximate surface area is 143 Å². The molecule has 1 nitrogen and oxygen atoms in total. The summed E-state index contributed by atoms with van der Waals surface area (Å²) < 4.78 is 0. The Morgan fingerprint density at radius 1 is 0.913 bits per heavy atom. The van der Waals surface area contributed by atoms with Gasteiger partial charge in [-0.15, -0.1) is 0 Å². The van der Waals surface area contributed by atoms with Gasteiger partial charge in [0, 0.05) is 6.04 Å². The fourth-order valence-corrected chi connectivity index (χ4v) is 3.67. The Kier molecular flexibility index (Phi) is 7.88. The number of benzene rings is 1. The van der Waals surface area contributed by atoms with Gasteiger partial charge in [0.25, 0.3) is 0 Å². The highest BCUT2D eigenvalue weighted by atomic mass is 15.2. The van der Waals surface area contributed by atoms with Gasteiger partial charge in [-0.2, -0.15) is 0 Å². The van der Waals surface area contributed by atoms with Gasteiger partial charge in [0.2, 0.25) is 0 Å². The van der Waals surface area contributed by atoms with E-state index >= 15 is 0 Å². The molecule has 1 unspecified atom stereocenters. The molecule has 1 atom stereocenters. The summed E-state index contributed by atoms with van der Waals surface area (Å²) in [5.41, 5.74) is 2.89. The van der Waals surface area contributed by atoms with Crippen molar-refractivity contribution in [2.75, 3.05) is 6.54 Å². The van der Waals surface area contributed by atoms with Gasteiger partial charge in [-0.05, 0) is 37.9 Å². The summed E-state index contributed by atoms with van der Waals surface area (Å²) >= 11 is 0. The van der Waals surface area contributed by atoms with Gasteiger partial charge < -0.3 is 0 Å². The maximum Gasteiger partial charge on any atom is 0.0543 e. The lowest BCUT2D eigenvalue weighted by molar-refractivity contribution is 0.180. The molecule has 1 aliphatic carbocycles. The number of nitrogens with zero attached hydrogens (tertiary/aromatic N) is 1. The van der Waals surface area contributed by atoms with E-state index in [1.165, 1.54) is 69.0 Å². The van der Waals surface area contributed by atoms with E-state index in [0.29, 0.717) is 12.1 Å². The van der Waals surface area contributed by atoms with Crippen molar-refractivity contribution < 1.29 is 0 Å². The van der Waals surface area contributed by atoms with Crippen LogP contribution in [0.2, 0.25) is 0 Å². The van der Waals surface area contributed by atoms with Crippen LogP contribution >= 0.6 is 0 Å². The second-order valence-corrected chi connectivity index (χ2v) is 7.24. The molecule has 0 radical (unpaired) electrons. The first-order valence-corrected chi connectivity index (χ1v) is 9.77. The van der Waals surface area contributed by atoms with E-state index in [2.05, 4.69) is 62.1 Å². The topological polar surface area (TPSA) is 3.24 Å². The van der Waals surface area contributed by atoms with Crippen molar-refractivity contribution in [3.8, 4) is 0 Å². The van der Waals surface area contributed by atoms with Gasteiger partial charge >= 0.3 is 0 Å². The predicted molar refractivity (Wildman–Crippen MR) is 103 cm³/mol. The molecule has 0 saturated carbocycles. The molecule has 0 N–H and O–H groups in total. The van der Waals surface area contributed by atoms with Crippen molar-refractivity contribution in [3.63, 3.8) is 0 Å². The van der Waals surface area contributed by atoms with Crippen molar-refractivity contribution in [2.45, 2.75) is 84.2 Å². The lowest BCUT2D eigenvalue weighted by atomic mass is 10.0. The zero-order chi connectivity index (χ0) is 16.5. The standard InChI is InChI=1S/C22H35N/c1-4-5-6-7-8-9-10-13-18-23(19(2)3)22-17-16-20-14-11-12-15-21(20)22/h11-12,14-17,19,22H,4-10,13,18H2,1-3H3. The lowest BCUT2D eigenvalue weighted by Gasteiger charge is -2.32. The van der Waals surface area contributed by atoms with Crippen molar-refractivity contribution in [3.05, 3.63) is 41.5 Å². The molecule has 0 saturated heterocycles. The molecule has 0 amide bonds. The normalized spacial score (nSPS) is 16.5. The molecule has 0 aromatic heterocycles. The average Bonchev–Trinajstić information content (AvgIpc) is 2.97. The summed E-state index contributed by atoms with van der Waals surface area (Å²) in [6.07, 6.45) is 15.8. The van der Waals surface area contributed by atoms with Crippen molar-refractivity contribution in [1.82, 2.24) is 4.90 Å². The number of fused-ring (bicyclic) bond motifs is 1. The third-order valence-corrected chi connectivity index (χ3v) is 5.06. The van der Waals surface area contributed by atoms with Crippen LogP contribution < -0.4 is 0 Å². The van der Waals surface area contributed by atoms with Crippen molar-refractivity contribution in [1.29, 1.82) is 0 Å². The van der Waals surface area contributed by atoms with E-state index in [-0.39, 0.29) is 0 Å². The minimum Gasteiger partial charge on any atom is -0.290 e. The molecular weight excluding hydrogens is 278 g/mol. The quantitative estimate of drug-likeness (QED) is 0.416. The van der Waals surface area contributed by atoms with Crippen LogP contribution in [-0.4, -0.2) is 17.5 Å². The smallest absolute Gasteiger partial charge is 0.0543 e. The van der Waals surface area contributed by atoms with Crippen LogP contribution in [0.15, 0.2) is 30.3 Å². The highest BCUT2D eigenvalue weighted by molar-refractivity contribution is 5.61. The SMILES string of the molecule is CCCCCCCCCCN(C(C)C)C1C=Cc2ccccc21. The fourth-order valence-electron chi connectivity index (χ4n) is 3.67. The molecule has 1 heteroatoms. The van der Waals surface area contributed by atoms with Crippen molar-refractivity contribution >= 4 is 6.08 Å². The number of unbranched alkanes of at least 4 members (excludes halogenated alkanes) is 7. The summed E-state index contributed by atoms with van der Waals surface area (Å²) in [5.74, 6) is 0. The Morgan fingerprint density at radius 2 is 1.57 bits per heavy atom. The first-order valence-electron chi connectivity index (χ1n) is 9.77. The molecule has 1 aliphatic rings. The fraction of sp³-hybridized carbons (Fsp3) is 0.636. The Balaban J connectivity index is 1.74. The highest BCUT2D eigenvalue weighted by Gasteiger charge is 2.24. The third kappa shape index (κ3) is 5.49. The van der Waals surface area contributed by atoms with Crippen LogP contribution in [0.3, 0.4) is 0 Å². The molecule has 0 spiro atoms. The van der Waals surface area contributed by atoms with Crippen molar-refractivity contribution in [2.24, 2.45) is 0 Å². The minimum atomic E-state index is 0.482. The summed E-state index contributed by atoms with van der Waals surface area (Å²) in [6, 6.07) is 9.93. The molecule has 0 aliphatic heterocycles. The Hall–Kier alpha value is -1.08. The first-order chi connectivity index (χ1) is 11.2. The summed E-state index contributed by atoms with van der Waals surface area (Å²) in [6.45, 7) is 8.17. The maximum absolute atomic E-state index is 2.67. The van der Waals surface area contributed by atoms with Gasteiger partial charge in [0.05, 0.1) is 6.04 Å². The van der Waals surface area contributed by atoms with Crippen LogP contribution in [0.1, 0.15) is 89.3 Å². The molecule has 23 heavy (non-hydrogen) atoms. The van der Waals surface area contributed by atoms with E-state index in [1.54, 1.807) is 0 Å². The molecular formula is C22H35N. The average molecular weight is 314 g/mol. The summed E-state index contributed by atoms with van der Waals surface area (Å²) in [7, 11) is 0. The Morgan fingerprint density at radius 3 is 2.26 bits per heavy atom. The summed E-state index contributed by atoms with van der Waals surface area (Å²) in [4.78, 5) is 2.67. The van der Waals surface area contributed by atoms with E-state index < -0.39 is 0 Å². The molecule has 0 heterocycles. The molecule has 1 aromatic rings. The van der Waals surface area contributed by atoms with Crippen LogP contribution in [0.25, 0.3) is 6.08 Å². The van der Waals surface area contributed by atoms with Gasteiger partial charge in [0.1, 0.15) is 0 Å². The minimum absolute atomic E-state index is 0.482. The molecule has 1 aromatic carbocycles. The zero-order valence-electron chi connectivity index (χ0n) is 15.4. The van der Waals surface area contributed by atoms with Gasteiger partial charge in [-0.25, -0.2) is 0 Å². The third-order valence-electron chi connectivity index (χ3n) is 5.06. The van der Waals surface area contributed by atoms with Crippen LogP contribution in [0.5, 0.6) is 0 Å². The first kappa shape index (κ1) is 18.3. The van der Waals surface area contributed by atoms with Gasteiger partial charge in [-0.3, -0.25) is 4.90 Å². The van der Waals surface area contributed by atoms with Crippen LogP contribution in [0, 0.1) is 0 Å². The van der Waals surface area contributed by atoms with E-state index in [1.807, 2.05) is 0 Å². The highest BCUT2D eigenvalue weighted by Crippen LogP contribution is 2.34. The van der Waals surface area contributed by atoms with Crippen LogP contribution in [-0.2, 0) is 0 Å². The number of hydrogen-bond acceptors (Lipinski definition) is 1. The van der Waals surface area contributed by atoms with Gasteiger partial charge in [-0.1, -0.05) is 88.3 Å². The monoisotopic (exact) mass is 313 g/mol. The van der Waals surface area contributed by atoms with Crippen LogP contribution in [0.4, 0.5) is 0 Å². The Bertz CT molecular complexity index is 475. The predicted octanol–water partition coefficient (Wildman–Crippen LogP) is 6.61. The largest absolute Gasteiger partial charge is 0.290 e. The number of hydrogen-bond donors (Lipinski definition) is 0. The van der Waals surface area contributed by atoms with E-state index in [9.17, 15) is 0 Å². The number of rotatable bonds is 11. The molecule has 2 rings (SSSR count). The summed E-state index contributed by atoms with van der Waals surface area (Å²) in [5, 5.41) is 0. The molecule has 0 fully saturated rings. The second kappa shape index (κ2) is 9.93. The molecule has 128 valence electrons. The maximum atomic E-state index is 2.67.